The summed E-state index contributed by atoms with van der Waals surface area (Å²) in [7, 11) is 2.11. The Hall–Kier alpha value is -1.35. The molecule has 21 heavy (non-hydrogen) atoms. The zero-order valence-corrected chi connectivity index (χ0v) is 14.0. The number of rotatable bonds is 3. The van der Waals surface area contributed by atoms with Crippen molar-refractivity contribution >= 4 is 5.91 Å². The Morgan fingerprint density at radius 3 is 1.81 bits per heavy atom. The van der Waals surface area contributed by atoms with Crippen LogP contribution in [0.4, 0.5) is 0 Å². The largest absolute Gasteiger partial charge is 0.336 e. The number of piperazine rings is 1. The molecule has 3 nitrogen and oxygen atoms in total. The molecular formula is C18H28N2O. The zero-order chi connectivity index (χ0) is 15.6. The van der Waals surface area contributed by atoms with Crippen molar-refractivity contribution in [3.05, 3.63) is 34.9 Å². The third-order valence-electron chi connectivity index (χ3n) is 4.35. The van der Waals surface area contributed by atoms with E-state index >= 15 is 0 Å². The number of benzene rings is 1. The van der Waals surface area contributed by atoms with Crippen LogP contribution in [-0.2, 0) is 0 Å². The van der Waals surface area contributed by atoms with E-state index in [2.05, 4.69) is 57.8 Å². The average molecular weight is 288 g/mol. The van der Waals surface area contributed by atoms with Gasteiger partial charge in [0.25, 0.3) is 5.91 Å². The lowest BCUT2D eigenvalue weighted by atomic mass is 9.92. The molecule has 1 amide bonds. The van der Waals surface area contributed by atoms with Gasteiger partial charge in [-0.1, -0.05) is 33.8 Å². The molecule has 116 valence electrons. The molecule has 0 spiro atoms. The second kappa shape index (κ2) is 6.61. The number of hydrogen-bond acceptors (Lipinski definition) is 2. The Morgan fingerprint density at radius 1 is 0.905 bits per heavy atom. The highest BCUT2D eigenvalue weighted by Crippen LogP contribution is 2.24. The standard InChI is InChI=1S/C18H28N2O/c1-13(2)15-10-16(14(3)4)12-17(11-15)18(21)20-8-6-19(5)7-9-20/h10-14H,6-9H2,1-5H3. The molecule has 1 aromatic rings. The van der Waals surface area contributed by atoms with Gasteiger partial charge in [-0.3, -0.25) is 4.79 Å². The molecule has 1 aliphatic rings. The molecule has 1 saturated heterocycles. The molecule has 0 N–H and O–H groups in total. The summed E-state index contributed by atoms with van der Waals surface area (Å²) >= 11 is 0. The van der Waals surface area contributed by atoms with Crippen molar-refractivity contribution in [2.45, 2.75) is 39.5 Å². The first-order valence-electron chi connectivity index (χ1n) is 8.01. The summed E-state index contributed by atoms with van der Waals surface area (Å²) in [6, 6.07) is 6.41. The second-order valence-electron chi connectivity index (χ2n) is 6.79. The van der Waals surface area contributed by atoms with Crippen molar-refractivity contribution in [3.8, 4) is 0 Å². The summed E-state index contributed by atoms with van der Waals surface area (Å²) in [6.07, 6.45) is 0. The van der Waals surface area contributed by atoms with E-state index in [9.17, 15) is 4.79 Å². The van der Waals surface area contributed by atoms with Crippen LogP contribution in [0, 0.1) is 0 Å². The molecule has 0 aliphatic carbocycles. The van der Waals surface area contributed by atoms with Crippen molar-refractivity contribution in [2.75, 3.05) is 33.2 Å². The molecule has 1 aromatic carbocycles. The van der Waals surface area contributed by atoms with E-state index in [-0.39, 0.29) is 5.91 Å². The minimum absolute atomic E-state index is 0.188. The first kappa shape index (κ1) is 16.0. The van der Waals surface area contributed by atoms with Gasteiger partial charge in [-0.25, -0.2) is 0 Å². The predicted octanol–water partition coefficient (Wildman–Crippen LogP) is 3.32. The van der Waals surface area contributed by atoms with E-state index < -0.39 is 0 Å². The first-order chi connectivity index (χ1) is 9.88. The molecule has 1 heterocycles. The highest BCUT2D eigenvalue weighted by molar-refractivity contribution is 5.94. The number of carbonyl (C=O) groups is 1. The molecule has 0 atom stereocenters. The van der Waals surface area contributed by atoms with Crippen LogP contribution in [0.15, 0.2) is 18.2 Å². The molecule has 0 saturated carbocycles. The van der Waals surface area contributed by atoms with Crippen molar-refractivity contribution in [2.24, 2.45) is 0 Å². The third kappa shape index (κ3) is 3.85. The third-order valence-corrected chi connectivity index (χ3v) is 4.35. The van der Waals surface area contributed by atoms with Crippen LogP contribution >= 0.6 is 0 Å². The van der Waals surface area contributed by atoms with Gasteiger partial charge in [0.05, 0.1) is 0 Å². The van der Waals surface area contributed by atoms with Crippen LogP contribution in [0.25, 0.3) is 0 Å². The average Bonchev–Trinajstić information content (AvgIpc) is 2.46. The summed E-state index contributed by atoms with van der Waals surface area (Å²) in [5, 5.41) is 0. The fourth-order valence-electron chi connectivity index (χ4n) is 2.66. The lowest BCUT2D eigenvalue weighted by Crippen LogP contribution is -2.47. The highest BCUT2D eigenvalue weighted by Gasteiger charge is 2.21. The van der Waals surface area contributed by atoms with Crippen molar-refractivity contribution < 1.29 is 4.79 Å². The van der Waals surface area contributed by atoms with Crippen LogP contribution in [0.3, 0.4) is 0 Å². The predicted molar refractivity (Wildman–Crippen MR) is 88.0 cm³/mol. The van der Waals surface area contributed by atoms with Gasteiger partial charge in [0, 0.05) is 31.7 Å². The quantitative estimate of drug-likeness (QED) is 0.852. The lowest BCUT2D eigenvalue weighted by Gasteiger charge is -2.32. The monoisotopic (exact) mass is 288 g/mol. The molecule has 0 aromatic heterocycles. The Morgan fingerprint density at radius 2 is 1.38 bits per heavy atom. The van der Waals surface area contributed by atoms with Crippen LogP contribution < -0.4 is 0 Å². The minimum Gasteiger partial charge on any atom is -0.336 e. The zero-order valence-electron chi connectivity index (χ0n) is 14.0. The number of nitrogens with zero attached hydrogens (tertiary/aromatic N) is 2. The summed E-state index contributed by atoms with van der Waals surface area (Å²) in [6.45, 7) is 12.3. The Balaban J connectivity index is 2.27. The smallest absolute Gasteiger partial charge is 0.253 e. The van der Waals surface area contributed by atoms with Crippen molar-refractivity contribution in [3.63, 3.8) is 0 Å². The van der Waals surface area contributed by atoms with E-state index in [1.54, 1.807) is 0 Å². The number of amides is 1. The maximum atomic E-state index is 12.8. The normalized spacial score (nSPS) is 16.8. The van der Waals surface area contributed by atoms with Crippen LogP contribution in [0.1, 0.15) is 61.0 Å². The summed E-state index contributed by atoms with van der Waals surface area (Å²) in [5.74, 6) is 1.08. The lowest BCUT2D eigenvalue weighted by molar-refractivity contribution is 0.0664. The Kier molecular flexibility index (Phi) is 5.04. The molecule has 0 radical (unpaired) electrons. The van der Waals surface area contributed by atoms with Gasteiger partial charge in [-0.05, 0) is 42.1 Å². The highest BCUT2D eigenvalue weighted by atomic mass is 16.2. The van der Waals surface area contributed by atoms with Crippen LogP contribution in [0.2, 0.25) is 0 Å². The number of hydrogen-bond donors (Lipinski definition) is 0. The van der Waals surface area contributed by atoms with Gasteiger partial charge in [0.2, 0.25) is 0 Å². The summed E-state index contributed by atoms with van der Waals surface area (Å²) in [4.78, 5) is 17.0. The van der Waals surface area contributed by atoms with E-state index in [1.165, 1.54) is 11.1 Å². The molecule has 0 unspecified atom stereocenters. The summed E-state index contributed by atoms with van der Waals surface area (Å²) in [5.41, 5.74) is 3.38. The van der Waals surface area contributed by atoms with Crippen molar-refractivity contribution in [1.82, 2.24) is 9.80 Å². The molecule has 3 heteroatoms. The maximum absolute atomic E-state index is 12.8. The minimum atomic E-state index is 0.188. The number of likely N-dealkylation sites (N-methyl/N-ethyl adjacent to an activating group) is 1. The molecule has 1 fully saturated rings. The van der Waals surface area contributed by atoms with Gasteiger partial charge in [-0.2, -0.15) is 0 Å². The van der Waals surface area contributed by atoms with Gasteiger partial charge in [0.15, 0.2) is 0 Å². The van der Waals surface area contributed by atoms with E-state index in [0.29, 0.717) is 11.8 Å². The second-order valence-corrected chi connectivity index (χ2v) is 6.79. The molecular weight excluding hydrogens is 260 g/mol. The van der Waals surface area contributed by atoms with E-state index in [4.69, 9.17) is 0 Å². The summed E-state index contributed by atoms with van der Waals surface area (Å²) < 4.78 is 0. The topological polar surface area (TPSA) is 23.6 Å². The fourth-order valence-corrected chi connectivity index (χ4v) is 2.66. The molecule has 1 aliphatic heterocycles. The van der Waals surface area contributed by atoms with Gasteiger partial charge >= 0.3 is 0 Å². The van der Waals surface area contributed by atoms with Gasteiger partial charge in [-0.15, -0.1) is 0 Å². The van der Waals surface area contributed by atoms with Crippen LogP contribution in [-0.4, -0.2) is 48.9 Å². The molecule has 2 rings (SSSR count). The van der Waals surface area contributed by atoms with Crippen LogP contribution in [0.5, 0.6) is 0 Å². The fraction of sp³-hybridized carbons (Fsp3) is 0.611. The Bertz CT molecular complexity index is 474. The van der Waals surface area contributed by atoms with E-state index in [1.807, 2.05) is 4.90 Å². The van der Waals surface area contributed by atoms with E-state index in [0.717, 1.165) is 31.7 Å². The van der Waals surface area contributed by atoms with Crippen molar-refractivity contribution in [1.29, 1.82) is 0 Å². The first-order valence-corrected chi connectivity index (χ1v) is 8.01. The Labute approximate surface area is 128 Å². The van der Waals surface area contributed by atoms with Gasteiger partial charge in [0.1, 0.15) is 0 Å². The SMILES string of the molecule is CC(C)c1cc(C(=O)N2CCN(C)CC2)cc(C(C)C)c1. The maximum Gasteiger partial charge on any atom is 0.253 e. The number of carbonyl (C=O) groups excluding carboxylic acids is 1. The van der Waals surface area contributed by atoms with Gasteiger partial charge < -0.3 is 9.80 Å². The molecule has 0 bridgehead atoms.